The molecule has 1 atom stereocenters. The molecule has 0 aromatic heterocycles. The van der Waals surface area contributed by atoms with Crippen LogP contribution in [0.3, 0.4) is 0 Å². The summed E-state index contributed by atoms with van der Waals surface area (Å²) in [5, 5.41) is 13.9. The standard InChI is InChI=1S/C27H31FN2O2/c28-25-10-8-21(9-11-25)12-14-29-17-22-4-3-7-27(16-22)32-20-26(31)19-30-15-13-23-5-1-2-6-24(23)18-30/h1-11,16,26,29,31H,12-15,17-20H2. The number of fused-ring (bicyclic) bond motifs is 1. The van der Waals surface area contributed by atoms with Gasteiger partial charge in [0, 0.05) is 26.2 Å². The first-order valence-electron chi connectivity index (χ1n) is 11.3. The highest BCUT2D eigenvalue weighted by atomic mass is 19.1. The molecule has 0 spiro atoms. The second-order valence-corrected chi connectivity index (χ2v) is 8.42. The molecule has 4 rings (SSSR count). The van der Waals surface area contributed by atoms with E-state index in [0.717, 1.165) is 55.9 Å². The lowest BCUT2D eigenvalue weighted by Crippen LogP contribution is -2.38. The molecule has 168 valence electrons. The molecule has 1 aliphatic rings. The van der Waals surface area contributed by atoms with Crippen molar-refractivity contribution in [1.29, 1.82) is 0 Å². The maximum Gasteiger partial charge on any atom is 0.123 e. The minimum absolute atomic E-state index is 0.204. The van der Waals surface area contributed by atoms with Crippen molar-refractivity contribution >= 4 is 0 Å². The van der Waals surface area contributed by atoms with Gasteiger partial charge < -0.3 is 15.2 Å². The van der Waals surface area contributed by atoms with Crippen LogP contribution < -0.4 is 10.1 Å². The Morgan fingerprint density at radius 3 is 2.62 bits per heavy atom. The van der Waals surface area contributed by atoms with Gasteiger partial charge in [0.05, 0.1) is 0 Å². The lowest BCUT2D eigenvalue weighted by atomic mass is 10.00. The van der Waals surface area contributed by atoms with Crippen molar-refractivity contribution in [3.63, 3.8) is 0 Å². The molecule has 32 heavy (non-hydrogen) atoms. The predicted octanol–water partition coefficient (Wildman–Crippen LogP) is 3.96. The van der Waals surface area contributed by atoms with E-state index in [2.05, 4.69) is 40.5 Å². The molecular formula is C27H31FN2O2. The topological polar surface area (TPSA) is 44.7 Å². The van der Waals surface area contributed by atoms with Gasteiger partial charge >= 0.3 is 0 Å². The summed E-state index contributed by atoms with van der Waals surface area (Å²) in [7, 11) is 0. The van der Waals surface area contributed by atoms with Crippen molar-refractivity contribution in [2.24, 2.45) is 0 Å². The lowest BCUT2D eigenvalue weighted by molar-refractivity contribution is 0.0637. The third-order valence-electron chi connectivity index (χ3n) is 5.85. The van der Waals surface area contributed by atoms with Crippen molar-refractivity contribution in [3.8, 4) is 5.75 Å². The van der Waals surface area contributed by atoms with E-state index in [1.165, 1.54) is 23.3 Å². The Balaban J connectivity index is 1.18. The van der Waals surface area contributed by atoms with Crippen LogP contribution in [0.15, 0.2) is 72.8 Å². The second-order valence-electron chi connectivity index (χ2n) is 8.42. The van der Waals surface area contributed by atoms with Gasteiger partial charge in [0.15, 0.2) is 0 Å². The largest absolute Gasteiger partial charge is 0.491 e. The van der Waals surface area contributed by atoms with Gasteiger partial charge in [0.25, 0.3) is 0 Å². The molecule has 0 fully saturated rings. The fraction of sp³-hybridized carbons (Fsp3) is 0.333. The summed E-state index contributed by atoms with van der Waals surface area (Å²) in [5.41, 5.74) is 5.01. The predicted molar refractivity (Wildman–Crippen MR) is 125 cm³/mol. The van der Waals surface area contributed by atoms with E-state index >= 15 is 0 Å². The number of hydrogen-bond acceptors (Lipinski definition) is 4. The fourth-order valence-electron chi connectivity index (χ4n) is 4.11. The molecule has 1 heterocycles. The molecule has 0 amide bonds. The highest BCUT2D eigenvalue weighted by Gasteiger charge is 2.18. The Morgan fingerprint density at radius 1 is 0.969 bits per heavy atom. The van der Waals surface area contributed by atoms with Crippen LogP contribution in [0.25, 0.3) is 0 Å². The summed E-state index contributed by atoms with van der Waals surface area (Å²) in [6, 6.07) is 23.1. The summed E-state index contributed by atoms with van der Waals surface area (Å²) in [5.74, 6) is 0.566. The van der Waals surface area contributed by atoms with Crippen LogP contribution in [-0.2, 0) is 25.9 Å². The third kappa shape index (κ3) is 6.63. The first-order valence-corrected chi connectivity index (χ1v) is 11.3. The number of benzene rings is 3. The molecule has 3 aromatic rings. The van der Waals surface area contributed by atoms with Gasteiger partial charge in [0.2, 0.25) is 0 Å². The number of β-amino-alcohol motifs (C(OH)–C–C–N with tert-alkyl or cyclic N) is 1. The van der Waals surface area contributed by atoms with Crippen LogP contribution in [0.1, 0.15) is 22.3 Å². The third-order valence-corrected chi connectivity index (χ3v) is 5.85. The molecular weight excluding hydrogens is 403 g/mol. The second kappa shape index (κ2) is 11.2. The van der Waals surface area contributed by atoms with Gasteiger partial charge in [-0.05, 0) is 65.9 Å². The van der Waals surface area contributed by atoms with Gasteiger partial charge in [0.1, 0.15) is 24.3 Å². The first kappa shape index (κ1) is 22.5. The number of halogens is 1. The summed E-state index contributed by atoms with van der Waals surface area (Å²) in [6.07, 6.45) is 1.35. The normalized spacial score (nSPS) is 14.7. The summed E-state index contributed by atoms with van der Waals surface area (Å²) >= 11 is 0. The van der Waals surface area contributed by atoms with Crippen LogP contribution in [0.4, 0.5) is 4.39 Å². The minimum atomic E-state index is -0.530. The number of aliphatic hydroxyl groups excluding tert-OH is 1. The molecule has 0 saturated heterocycles. The van der Waals surface area contributed by atoms with Crippen LogP contribution in [0.5, 0.6) is 5.75 Å². The van der Waals surface area contributed by atoms with Crippen LogP contribution in [0.2, 0.25) is 0 Å². The molecule has 1 aliphatic heterocycles. The quantitative estimate of drug-likeness (QED) is 0.474. The molecule has 0 bridgehead atoms. The van der Waals surface area contributed by atoms with Gasteiger partial charge in [-0.25, -0.2) is 4.39 Å². The highest BCUT2D eigenvalue weighted by Crippen LogP contribution is 2.19. The molecule has 4 nitrogen and oxygen atoms in total. The zero-order valence-corrected chi connectivity index (χ0v) is 18.3. The van der Waals surface area contributed by atoms with Crippen molar-refractivity contribution in [2.75, 3.05) is 26.2 Å². The van der Waals surface area contributed by atoms with E-state index in [-0.39, 0.29) is 12.4 Å². The zero-order valence-electron chi connectivity index (χ0n) is 18.3. The van der Waals surface area contributed by atoms with Gasteiger partial charge in [-0.1, -0.05) is 48.5 Å². The van der Waals surface area contributed by atoms with Crippen molar-refractivity contribution in [3.05, 3.63) is 101 Å². The van der Waals surface area contributed by atoms with Crippen molar-refractivity contribution in [2.45, 2.75) is 32.0 Å². The average Bonchev–Trinajstić information content (AvgIpc) is 2.82. The van der Waals surface area contributed by atoms with Crippen LogP contribution in [-0.4, -0.2) is 42.4 Å². The average molecular weight is 435 g/mol. The van der Waals surface area contributed by atoms with E-state index in [1.807, 2.05) is 30.3 Å². The maximum absolute atomic E-state index is 13.0. The monoisotopic (exact) mass is 434 g/mol. The number of ether oxygens (including phenoxy) is 1. The number of nitrogens with zero attached hydrogens (tertiary/aromatic N) is 1. The Hall–Kier alpha value is -2.73. The molecule has 5 heteroatoms. The Morgan fingerprint density at radius 2 is 1.78 bits per heavy atom. The van der Waals surface area contributed by atoms with E-state index in [9.17, 15) is 9.50 Å². The molecule has 1 unspecified atom stereocenters. The Kier molecular flexibility index (Phi) is 7.88. The number of nitrogens with one attached hydrogen (secondary N) is 1. The number of rotatable bonds is 10. The van der Waals surface area contributed by atoms with Crippen LogP contribution in [0, 0.1) is 5.82 Å². The maximum atomic E-state index is 13.0. The van der Waals surface area contributed by atoms with E-state index in [0.29, 0.717) is 6.54 Å². The summed E-state index contributed by atoms with van der Waals surface area (Å²) < 4.78 is 18.8. The molecule has 0 radical (unpaired) electrons. The highest BCUT2D eigenvalue weighted by molar-refractivity contribution is 5.29. The number of hydrogen-bond donors (Lipinski definition) is 2. The Labute approximate surface area is 189 Å². The molecule has 0 aliphatic carbocycles. The van der Waals surface area contributed by atoms with Crippen molar-refractivity contribution in [1.82, 2.24) is 10.2 Å². The molecule has 2 N–H and O–H groups in total. The van der Waals surface area contributed by atoms with E-state index in [4.69, 9.17) is 4.74 Å². The Bertz CT molecular complexity index is 993. The van der Waals surface area contributed by atoms with Gasteiger partial charge in [-0.3, -0.25) is 4.90 Å². The van der Waals surface area contributed by atoms with E-state index < -0.39 is 6.10 Å². The molecule has 3 aromatic carbocycles. The molecule has 0 saturated carbocycles. The lowest BCUT2D eigenvalue weighted by Gasteiger charge is -2.30. The van der Waals surface area contributed by atoms with Crippen LogP contribution >= 0.6 is 0 Å². The minimum Gasteiger partial charge on any atom is -0.491 e. The first-order chi connectivity index (χ1) is 15.7. The SMILES string of the molecule is OC(COc1cccc(CNCCc2ccc(F)cc2)c1)CN1CCc2ccccc2C1. The zero-order chi connectivity index (χ0) is 22.2. The van der Waals surface area contributed by atoms with E-state index in [1.54, 1.807) is 0 Å². The van der Waals surface area contributed by atoms with Gasteiger partial charge in [-0.15, -0.1) is 0 Å². The fourth-order valence-corrected chi connectivity index (χ4v) is 4.11. The van der Waals surface area contributed by atoms with Crippen molar-refractivity contribution < 1.29 is 14.2 Å². The van der Waals surface area contributed by atoms with Gasteiger partial charge in [-0.2, -0.15) is 0 Å². The summed E-state index contributed by atoms with van der Waals surface area (Å²) in [6.45, 7) is 4.28. The summed E-state index contributed by atoms with van der Waals surface area (Å²) in [4.78, 5) is 2.29. The smallest absolute Gasteiger partial charge is 0.123 e. The number of aliphatic hydroxyl groups is 1.